The predicted molar refractivity (Wildman–Crippen MR) is 88.1 cm³/mol. The van der Waals surface area contributed by atoms with Gasteiger partial charge in [0.1, 0.15) is 5.78 Å². The molecule has 1 nitrogen and oxygen atoms in total. The minimum absolute atomic E-state index is 0.387. The van der Waals surface area contributed by atoms with E-state index in [1.165, 1.54) is 38.5 Å². The maximum atomic E-state index is 12.6. The molecule has 1 aromatic rings. The van der Waals surface area contributed by atoms with Crippen molar-refractivity contribution in [3.63, 3.8) is 0 Å². The van der Waals surface area contributed by atoms with Crippen LogP contribution in [0.15, 0.2) is 28.7 Å². The molecule has 0 aromatic heterocycles. The summed E-state index contributed by atoms with van der Waals surface area (Å²) >= 11 is 3.49. The van der Waals surface area contributed by atoms with Crippen molar-refractivity contribution >= 4 is 21.7 Å². The van der Waals surface area contributed by atoms with Gasteiger partial charge in [-0.2, -0.15) is 0 Å². The number of carbonyl (C=O) groups is 1. The minimum Gasteiger partial charge on any atom is -0.299 e. The quantitative estimate of drug-likeness (QED) is 0.735. The maximum Gasteiger partial charge on any atom is 0.137 e. The van der Waals surface area contributed by atoms with Crippen LogP contribution in [0.2, 0.25) is 0 Å². The van der Waals surface area contributed by atoms with Crippen molar-refractivity contribution in [2.75, 3.05) is 0 Å². The number of Topliss-reactive ketones (excluding diaryl/α,β-unsaturated/α-hetero) is 1. The largest absolute Gasteiger partial charge is 0.299 e. The SMILES string of the molecule is O=C(Cc1cccc(Br)c1)CC12CC3CC(CC(C3)C1)C2. The third-order valence-electron chi connectivity index (χ3n) is 6.03. The normalized spacial score (nSPS) is 36.9. The van der Waals surface area contributed by atoms with E-state index in [9.17, 15) is 4.79 Å². The lowest BCUT2D eigenvalue weighted by Gasteiger charge is -2.56. The van der Waals surface area contributed by atoms with E-state index in [1.54, 1.807) is 0 Å². The smallest absolute Gasteiger partial charge is 0.137 e. The van der Waals surface area contributed by atoms with E-state index in [0.717, 1.165) is 34.2 Å². The van der Waals surface area contributed by atoms with Gasteiger partial charge in [0.2, 0.25) is 0 Å². The van der Waals surface area contributed by atoms with Crippen molar-refractivity contribution in [3.05, 3.63) is 34.3 Å². The summed E-state index contributed by atoms with van der Waals surface area (Å²) in [5.41, 5.74) is 1.54. The van der Waals surface area contributed by atoms with Crippen LogP contribution in [-0.4, -0.2) is 5.78 Å². The number of rotatable bonds is 4. The highest BCUT2D eigenvalue weighted by molar-refractivity contribution is 9.10. The van der Waals surface area contributed by atoms with Gasteiger partial charge in [0.05, 0.1) is 0 Å². The number of ketones is 1. The molecule has 0 saturated heterocycles. The molecule has 4 saturated carbocycles. The molecular weight excluding hydrogens is 324 g/mol. The second-order valence-corrected chi connectivity index (χ2v) is 8.86. The Bertz CT molecular complexity index is 527. The first-order chi connectivity index (χ1) is 10.1. The Balaban J connectivity index is 1.45. The lowest BCUT2D eigenvalue weighted by molar-refractivity contribution is -0.126. The molecule has 4 aliphatic rings. The summed E-state index contributed by atoms with van der Waals surface area (Å²) in [4.78, 5) is 12.6. The Hall–Kier alpha value is -0.630. The molecule has 21 heavy (non-hydrogen) atoms. The van der Waals surface area contributed by atoms with Crippen LogP contribution in [0.1, 0.15) is 50.5 Å². The molecule has 0 spiro atoms. The average Bonchev–Trinajstić information content (AvgIpc) is 2.35. The Morgan fingerprint density at radius 1 is 1.10 bits per heavy atom. The summed E-state index contributed by atoms with van der Waals surface area (Å²) in [6.45, 7) is 0. The first-order valence-corrected chi connectivity index (χ1v) is 9.16. The highest BCUT2D eigenvalue weighted by atomic mass is 79.9. The first kappa shape index (κ1) is 14.0. The van der Waals surface area contributed by atoms with Gasteiger partial charge in [0, 0.05) is 17.3 Å². The number of hydrogen-bond acceptors (Lipinski definition) is 1. The van der Waals surface area contributed by atoms with Crippen LogP contribution in [0.25, 0.3) is 0 Å². The monoisotopic (exact) mass is 346 g/mol. The van der Waals surface area contributed by atoms with Crippen LogP contribution < -0.4 is 0 Å². The Kier molecular flexibility index (Phi) is 3.48. The van der Waals surface area contributed by atoms with E-state index in [1.807, 2.05) is 12.1 Å². The predicted octanol–water partition coefficient (Wildman–Crippen LogP) is 5.17. The maximum absolute atomic E-state index is 12.6. The Morgan fingerprint density at radius 2 is 1.71 bits per heavy atom. The average molecular weight is 347 g/mol. The second kappa shape index (κ2) is 5.22. The molecule has 112 valence electrons. The molecule has 0 atom stereocenters. The molecule has 0 unspecified atom stereocenters. The summed E-state index contributed by atoms with van der Waals surface area (Å²) < 4.78 is 1.07. The van der Waals surface area contributed by atoms with Crippen molar-refractivity contribution in [1.29, 1.82) is 0 Å². The zero-order valence-electron chi connectivity index (χ0n) is 12.5. The lowest BCUT2D eigenvalue weighted by atomic mass is 9.48. The molecule has 1 aromatic carbocycles. The lowest BCUT2D eigenvalue weighted by Crippen LogP contribution is -2.47. The first-order valence-electron chi connectivity index (χ1n) is 8.36. The molecule has 4 bridgehead atoms. The van der Waals surface area contributed by atoms with Gasteiger partial charge >= 0.3 is 0 Å². The van der Waals surface area contributed by atoms with E-state index in [0.29, 0.717) is 17.6 Å². The van der Waals surface area contributed by atoms with Gasteiger partial charge in [-0.3, -0.25) is 4.79 Å². The van der Waals surface area contributed by atoms with Crippen molar-refractivity contribution < 1.29 is 4.79 Å². The molecule has 0 amide bonds. The molecular formula is C19H23BrO. The van der Waals surface area contributed by atoms with Gasteiger partial charge in [-0.25, -0.2) is 0 Å². The van der Waals surface area contributed by atoms with E-state index in [2.05, 4.69) is 28.1 Å². The van der Waals surface area contributed by atoms with Gasteiger partial charge in [-0.1, -0.05) is 28.1 Å². The van der Waals surface area contributed by atoms with Crippen LogP contribution in [0.3, 0.4) is 0 Å². The molecule has 5 rings (SSSR count). The van der Waals surface area contributed by atoms with Gasteiger partial charge < -0.3 is 0 Å². The topological polar surface area (TPSA) is 17.1 Å². The number of halogens is 1. The van der Waals surface area contributed by atoms with Crippen molar-refractivity contribution in [3.8, 4) is 0 Å². The molecule has 0 radical (unpaired) electrons. The molecule has 2 heteroatoms. The summed E-state index contributed by atoms with van der Waals surface area (Å²) in [6, 6.07) is 8.20. The van der Waals surface area contributed by atoms with Crippen molar-refractivity contribution in [2.45, 2.75) is 51.4 Å². The van der Waals surface area contributed by atoms with Crippen LogP contribution in [0.4, 0.5) is 0 Å². The zero-order chi connectivity index (χ0) is 14.4. The van der Waals surface area contributed by atoms with Crippen LogP contribution >= 0.6 is 15.9 Å². The number of benzene rings is 1. The fourth-order valence-electron chi connectivity index (χ4n) is 5.86. The van der Waals surface area contributed by atoms with Crippen LogP contribution in [-0.2, 0) is 11.2 Å². The summed E-state index contributed by atoms with van der Waals surface area (Å²) in [5, 5.41) is 0. The van der Waals surface area contributed by atoms with Crippen LogP contribution in [0, 0.1) is 23.2 Å². The molecule has 4 fully saturated rings. The van der Waals surface area contributed by atoms with E-state index in [-0.39, 0.29) is 0 Å². The van der Waals surface area contributed by atoms with Gasteiger partial charge in [-0.15, -0.1) is 0 Å². The standard InChI is InChI=1S/C19H23BrO/c20-17-3-1-2-13(7-17)8-18(21)12-19-9-14-4-15(10-19)6-16(5-14)11-19/h1-3,7,14-16H,4-6,8-12H2. The molecule has 0 N–H and O–H groups in total. The highest BCUT2D eigenvalue weighted by Crippen LogP contribution is 2.61. The number of carbonyl (C=O) groups excluding carboxylic acids is 1. The van der Waals surface area contributed by atoms with Crippen molar-refractivity contribution in [1.82, 2.24) is 0 Å². The van der Waals surface area contributed by atoms with E-state index >= 15 is 0 Å². The molecule has 0 heterocycles. The van der Waals surface area contributed by atoms with E-state index < -0.39 is 0 Å². The summed E-state index contributed by atoms with van der Waals surface area (Å²) in [5.74, 6) is 3.27. The number of hydrogen-bond donors (Lipinski definition) is 0. The minimum atomic E-state index is 0.387. The zero-order valence-corrected chi connectivity index (χ0v) is 14.1. The van der Waals surface area contributed by atoms with E-state index in [4.69, 9.17) is 0 Å². The fraction of sp³-hybridized carbons (Fsp3) is 0.632. The van der Waals surface area contributed by atoms with Crippen molar-refractivity contribution in [2.24, 2.45) is 23.2 Å². The second-order valence-electron chi connectivity index (χ2n) is 7.94. The van der Waals surface area contributed by atoms with Crippen LogP contribution in [0.5, 0.6) is 0 Å². The third-order valence-corrected chi connectivity index (χ3v) is 6.52. The fourth-order valence-corrected chi connectivity index (χ4v) is 6.31. The van der Waals surface area contributed by atoms with Gasteiger partial charge in [-0.05, 0) is 79.4 Å². The third kappa shape index (κ3) is 2.84. The summed E-state index contributed by atoms with van der Waals surface area (Å²) in [7, 11) is 0. The Morgan fingerprint density at radius 3 is 2.29 bits per heavy atom. The molecule has 0 aliphatic heterocycles. The van der Waals surface area contributed by atoms with Gasteiger partial charge in [0.15, 0.2) is 0 Å². The highest BCUT2D eigenvalue weighted by Gasteiger charge is 2.51. The summed E-state index contributed by atoms with van der Waals surface area (Å²) in [6.07, 6.45) is 9.83. The Labute approximate surface area is 135 Å². The van der Waals surface area contributed by atoms with Gasteiger partial charge in [0.25, 0.3) is 0 Å². The molecule has 4 aliphatic carbocycles.